The normalized spacial score (nSPS) is 9.82. The zero-order valence-corrected chi connectivity index (χ0v) is 11.8. The molecule has 1 nitrogen and oxygen atoms in total. The zero-order valence-electron chi connectivity index (χ0n) is 7.82. The van der Waals surface area contributed by atoms with Gasteiger partial charge in [-0.05, 0) is 19.6 Å². The Labute approximate surface area is 98.3 Å². The second-order valence-electron chi connectivity index (χ2n) is 3.17. The third-order valence-electron chi connectivity index (χ3n) is 0.929. The molecular formula is C7H17BrMgOSi. The molecule has 0 heterocycles. The number of unbranched alkanes of at least 4 members (excludes halogenated alkanes) is 1. The van der Waals surface area contributed by atoms with Gasteiger partial charge in [-0.15, -0.1) is 0 Å². The van der Waals surface area contributed by atoms with Gasteiger partial charge in [0, 0.05) is 6.61 Å². The summed E-state index contributed by atoms with van der Waals surface area (Å²) in [5, 5.41) is 0. The number of halogens is 1. The van der Waals surface area contributed by atoms with Crippen molar-refractivity contribution in [3.8, 4) is 0 Å². The van der Waals surface area contributed by atoms with Crippen molar-refractivity contribution in [2.45, 2.75) is 32.5 Å². The molecule has 0 amide bonds. The second kappa shape index (κ2) is 9.51. The molecule has 0 rings (SSSR count). The van der Waals surface area contributed by atoms with Gasteiger partial charge in [-0.2, -0.15) is 6.42 Å². The largest absolute Gasteiger partial charge is 2.00 e. The molecule has 0 N–H and O–H groups in total. The molecule has 0 radical (unpaired) electrons. The fourth-order valence-corrected chi connectivity index (χ4v) is 1.24. The van der Waals surface area contributed by atoms with Crippen LogP contribution in [0.15, 0.2) is 0 Å². The van der Waals surface area contributed by atoms with Crippen LogP contribution in [-0.2, 0) is 4.43 Å². The van der Waals surface area contributed by atoms with Crippen LogP contribution in [0, 0.1) is 6.92 Å². The Morgan fingerprint density at radius 1 is 1.27 bits per heavy atom. The van der Waals surface area contributed by atoms with Crippen LogP contribution in [0.25, 0.3) is 0 Å². The minimum absolute atomic E-state index is 0. The van der Waals surface area contributed by atoms with Crippen molar-refractivity contribution in [1.29, 1.82) is 0 Å². The van der Waals surface area contributed by atoms with Gasteiger partial charge in [-0.3, -0.25) is 0 Å². The van der Waals surface area contributed by atoms with Gasteiger partial charge in [0.1, 0.15) is 0 Å². The molecule has 0 aliphatic rings. The van der Waals surface area contributed by atoms with Crippen molar-refractivity contribution >= 4 is 31.4 Å². The molecule has 0 aromatic heterocycles. The summed E-state index contributed by atoms with van der Waals surface area (Å²) in [5.41, 5.74) is 0. The first-order valence-electron chi connectivity index (χ1n) is 3.49. The van der Waals surface area contributed by atoms with Gasteiger partial charge in [-0.25, -0.2) is 0 Å². The number of hydrogen-bond acceptors (Lipinski definition) is 1. The maximum atomic E-state index is 5.57. The van der Waals surface area contributed by atoms with E-state index in [4.69, 9.17) is 4.43 Å². The smallest absolute Gasteiger partial charge is 1.00 e. The summed E-state index contributed by atoms with van der Waals surface area (Å²) < 4.78 is 5.57. The van der Waals surface area contributed by atoms with Crippen molar-refractivity contribution in [3.05, 3.63) is 6.92 Å². The SMILES string of the molecule is [Br-].[CH2-]CCCO[Si](C)(C)C.[Mg+2]. The van der Waals surface area contributed by atoms with E-state index in [1.165, 1.54) is 0 Å². The Morgan fingerprint density at radius 3 is 2.00 bits per heavy atom. The molecule has 0 aromatic carbocycles. The van der Waals surface area contributed by atoms with E-state index >= 15 is 0 Å². The van der Waals surface area contributed by atoms with Crippen LogP contribution < -0.4 is 17.0 Å². The van der Waals surface area contributed by atoms with Crippen molar-refractivity contribution in [1.82, 2.24) is 0 Å². The molecule has 0 spiro atoms. The van der Waals surface area contributed by atoms with Crippen LogP contribution in [0.5, 0.6) is 0 Å². The van der Waals surface area contributed by atoms with Crippen LogP contribution in [0.4, 0.5) is 0 Å². The third-order valence-corrected chi connectivity index (χ3v) is 2.00. The summed E-state index contributed by atoms with van der Waals surface area (Å²) in [5.74, 6) is 0. The molecule has 11 heavy (non-hydrogen) atoms. The Balaban J connectivity index is -0.000000320. The Hall–Kier alpha value is 1.42. The number of hydrogen-bond donors (Lipinski definition) is 0. The van der Waals surface area contributed by atoms with Crippen LogP contribution in [0.3, 0.4) is 0 Å². The molecule has 0 saturated carbocycles. The van der Waals surface area contributed by atoms with Crippen LogP contribution in [-0.4, -0.2) is 38.0 Å². The van der Waals surface area contributed by atoms with Gasteiger partial charge in [-0.1, -0.05) is 6.42 Å². The van der Waals surface area contributed by atoms with Gasteiger partial charge in [0.2, 0.25) is 0 Å². The predicted octanol–water partition coefficient (Wildman–Crippen LogP) is -0.925. The average Bonchev–Trinajstić information content (AvgIpc) is 1.63. The fourth-order valence-electron chi connectivity index (χ4n) is 0.480. The maximum Gasteiger partial charge on any atom is 2.00 e. The average molecular weight is 250 g/mol. The second-order valence-corrected chi connectivity index (χ2v) is 7.68. The van der Waals surface area contributed by atoms with Crippen LogP contribution in [0.2, 0.25) is 19.6 Å². The van der Waals surface area contributed by atoms with Crippen molar-refractivity contribution in [3.63, 3.8) is 0 Å². The molecular weight excluding hydrogens is 232 g/mol. The molecule has 0 aliphatic carbocycles. The summed E-state index contributed by atoms with van der Waals surface area (Å²) in [6, 6.07) is 0. The summed E-state index contributed by atoms with van der Waals surface area (Å²) >= 11 is 0. The van der Waals surface area contributed by atoms with Gasteiger partial charge in [0.15, 0.2) is 8.32 Å². The molecule has 0 aromatic rings. The topological polar surface area (TPSA) is 9.23 Å². The molecule has 0 bridgehead atoms. The van der Waals surface area contributed by atoms with Crippen LogP contribution in [0.1, 0.15) is 12.8 Å². The first-order chi connectivity index (χ1) is 4.06. The predicted molar refractivity (Wildman–Crippen MR) is 49.6 cm³/mol. The third kappa shape index (κ3) is 18.4. The molecule has 0 saturated heterocycles. The molecule has 0 aliphatic heterocycles. The minimum atomic E-state index is -1.22. The first-order valence-corrected chi connectivity index (χ1v) is 6.90. The summed E-state index contributed by atoms with van der Waals surface area (Å²) in [6.45, 7) is 11.3. The first kappa shape index (κ1) is 18.3. The van der Waals surface area contributed by atoms with E-state index < -0.39 is 8.32 Å². The summed E-state index contributed by atoms with van der Waals surface area (Å²) in [7, 11) is -1.22. The van der Waals surface area contributed by atoms with E-state index in [9.17, 15) is 0 Å². The van der Waals surface area contributed by atoms with Crippen molar-refractivity contribution in [2.24, 2.45) is 0 Å². The Bertz CT molecular complexity index is 75.3. The number of rotatable bonds is 4. The van der Waals surface area contributed by atoms with E-state index in [0.717, 1.165) is 19.4 Å². The molecule has 4 heteroatoms. The molecule has 0 unspecified atom stereocenters. The Kier molecular flexibility index (Phi) is 15.8. The van der Waals surface area contributed by atoms with E-state index in [1.807, 2.05) is 0 Å². The van der Waals surface area contributed by atoms with Crippen molar-refractivity contribution in [2.75, 3.05) is 6.61 Å². The van der Waals surface area contributed by atoms with Crippen molar-refractivity contribution < 1.29 is 21.4 Å². The van der Waals surface area contributed by atoms with Crippen LogP contribution >= 0.6 is 0 Å². The standard InChI is InChI=1S/C7H17OSi.BrH.Mg/c1-5-6-7-8-9(2,3)4;;/h1,5-7H2,2-4H3;1H;/q-1;;+2/p-1. The summed E-state index contributed by atoms with van der Waals surface area (Å²) in [4.78, 5) is 0. The molecule has 64 valence electrons. The van der Waals surface area contributed by atoms with Gasteiger partial charge in [0.05, 0.1) is 0 Å². The van der Waals surface area contributed by atoms with E-state index in [0.29, 0.717) is 0 Å². The molecule has 0 atom stereocenters. The van der Waals surface area contributed by atoms with Gasteiger partial charge in [0.25, 0.3) is 0 Å². The fraction of sp³-hybridized carbons (Fsp3) is 0.857. The minimum Gasteiger partial charge on any atom is -1.00 e. The summed E-state index contributed by atoms with van der Waals surface area (Å²) in [6.07, 6.45) is 2.09. The van der Waals surface area contributed by atoms with Gasteiger partial charge >= 0.3 is 23.1 Å². The van der Waals surface area contributed by atoms with E-state index in [1.54, 1.807) is 0 Å². The monoisotopic (exact) mass is 248 g/mol. The molecule has 0 fully saturated rings. The quantitative estimate of drug-likeness (QED) is 0.356. The van der Waals surface area contributed by atoms with Gasteiger partial charge < -0.3 is 28.3 Å². The zero-order chi connectivity index (χ0) is 7.33. The maximum absolute atomic E-state index is 5.57. The Morgan fingerprint density at radius 2 is 1.73 bits per heavy atom. The van der Waals surface area contributed by atoms with E-state index in [2.05, 4.69) is 26.6 Å². The van der Waals surface area contributed by atoms with E-state index in [-0.39, 0.29) is 40.0 Å².